The van der Waals surface area contributed by atoms with E-state index in [2.05, 4.69) is 10.4 Å². The normalized spacial score (nSPS) is 16.6. The first-order valence-corrected chi connectivity index (χ1v) is 13.6. The molecule has 0 radical (unpaired) electrons. The number of benzene rings is 3. The van der Waals surface area contributed by atoms with Crippen molar-refractivity contribution in [3.8, 4) is 23.0 Å². The van der Waals surface area contributed by atoms with E-state index < -0.39 is 32.7 Å². The van der Waals surface area contributed by atoms with Gasteiger partial charge in [0.1, 0.15) is 30.7 Å². The minimum absolute atomic E-state index is 0.128. The van der Waals surface area contributed by atoms with Crippen LogP contribution in [-0.4, -0.2) is 69.9 Å². The van der Waals surface area contributed by atoms with Gasteiger partial charge in [0.05, 0.1) is 46.9 Å². The third kappa shape index (κ3) is 6.88. The molecule has 5 rings (SSSR count). The summed E-state index contributed by atoms with van der Waals surface area (Å²) in [6.07, 6.45) is 0.376. The molecule has 17 nitrogen and oxygen atoms in total. The number of hydrogen-bond acceptors (Lipinski definition) is 12. The third-order valence-corrected chi connectivity index (χ3v) is 7.00. The number of carbonyl (C=O) groups excluding carboxylic acids is 1. The highest BCUT2D eigenvalue weighted by Crippen LogP contribution is 2.42. The number of hydrazine groups is 1. The van der Waals surface area contributed by atoms with Crippen LogP contribution < -0.4 is 14.3 Å². The molecule has 1 fully saturated rings. The van der Waals surface area contributed by atoms with Gasteiger partial charge >= 0.3 is 11.4 Å². The molecule has 1 saturated heterocycles. The van der Waals surface area contributed by atoms with E-state index >= 15 is 0 Å². The number of hydrogen-bond donors (Lipinski definition) is 0. The third-order valence-electron chi connectivity index (χ3n) is 7.00. The molecule has 0 aromatic heterocycles. The number of nitro benzene ring substituents is 2. The molecule has 234 valence electrons. The first-order chi connectivity index (χ1) is 21.6. The van der Waals surface area contributed by atoms with E-state index in [1.54, 1.807) is 37.4 Å². The van der Waals surface area contributed by atoms with Crippen LogP contribution in [0, 0.1) is 25.4 Å². The molecule has 0 N–H and O–H groups in total. The molecule has 3 aromatic carbocycles. The molecule has 0 saturated carbocycles. The molecule has 2 aliphatic rings. The number of hydrazone groups is 1. The van der Waals surface area contributed by atoms with Gasteiger partial charge in [-0.05, 0) is 29.8 Å². The number of carbonyl (C=O) groups is 1. The number of nitrogens with zero attached hydrogens (tertiary/aromatic N) is 7. The topological polar surface area (TPSA) is 198 Å². The van der Waals surface area contributed by atoms with E-state index in [0.29, 0.717) is 29.5 Å². The maximum absolute atomic E-state index is 12.4. The lowest BCUT2D eigenvalue weighted by molar-refractivity contribution is -0.710. The van der Waals surface area contributed by atoms with Crippen molar-refractivity contribution in [1.82, 2.24) is 10.0 Å². The summed E-state index contributed by atoms with van der Waals surface area (Å²) >= 11 is 0. The van der Waals surface area contributed by atoms with Gasteiger partial charge in [-0.25, -0.2) is 5.01 Å². The number of ether oxygens (including phenoxy) is 3. The summed E-state index contributed by atoms with van der Waals surface area (Å²) in [6, 6.07) is 15.0. The Morgan fingerprint density at radius 3 is 2.29 bits per heavy atom. The molecule has 0 aliphatic carbocycles. The van der Waals surface area contributed by atoms with Gasteiger partial charge in [-0.3, -0.25) is 29.9 Å². The molecule has 45 heavy (non-hydrogen) atoms. The lowest BCUT2D eigenvalue weighted by Gasteiger charge is -2.21. The average molecular weight is 622 g/mol. The molecular weight excluding hydrogens is 594 g/mol. The Bertz CT molecular complexity index is 1670. The van der Waals surface area contributed by atoms with Gasteiger partial charge in [0.2, 0.25) is 22.7 Å². The van der Waals surface area contributed by atoms with E-state index in [4.69, 9.17) is 19.0 Å². The highest BCUT2D eigenvalue weighted by atomic mass is 16.7. The molecular formula is C28H27N7O10. The van der Waals surface area contributed by atoms with E-state index in [-0.39, 0.29) is 49.0 Å². The van der Waals surface area contributed by atoms with Crippen molar-refractivity contribution in [2.45, 2.75) is 19.4 Å². The lowest BCUT2D eigenvalue weighted by atomic mass is 9.98. The first-order valence-electron chi connectivity index (χ1n) is 13.6. The monoisotopic (exact) mass is 621 g/mol. The molecule has 17 heteroatoms. The molecule has 2 aliphatic heterocycles. The Morgan fingerprint density at radius 1 is 0.956 bits per heavy atom. The summed E-state index contributed by atoms with van der Waals surface area (Å²) < 4.78 is 16.2. The van der Waals surface area contributed by atoms with Crippen molar-refractivity contribution in [3.05, 3.63) is 97.2 Å². The molecule has 1 atom stereocenters. The maximum Gasteiger partial charge on any atom is 0.321 e. The highest BCUT2D eigenvalue weighted by molar-refractivity contribution is 6.03. The fourth-order valence-electron chi connectivity index (χ4n) is 4.76. The lowest BCUT2D eigenvalue weighted by Crippen LogP contribution is -2.40. The Labute approximate surface area is 255 Å². The quantitative estimate of drug-likeness (QED) is 0.134. The SMILES string of the molecule is COc1ccc(C2CC(c3cccc(Oc4cc(O/N=[N+](\[O-])N5CCOCC5)c([N+](=O)[O-])cc4[N+](=O)[O-])c3)=NN2C(C)=O)cc1. The van der Waals surface area contributed by atoms with Gasteiger partial charge in [0.15, 0.2) is 0 Å². The zero-order valence-electron chi connectivity index (χ0n) is 24.1. The minimum atomic E-state index is -0.898. The molecule has 0 bridgehead atoms. The fraction of sp³-hybridized carbons (Fsp3) is 0.286. The minimum Gasteiger partial charge on any atom is -0.569 e. The van der Waals surface area contributed by atoms with Crippen molar-refractivity contribution >= 4 is 23.0 Å². The second-order valence-electron chi connectivity index (χ2n) is 9.83. The van der Waals surface area contributed by atoms with Crippen LogP contribution in [0.3, 0.4) is 0 Å². The molecule has 2 heterocycles. The number of nitro groups is 2. The van der Waals surface area contributed by atoms with E-state index in [1.165, 1.54) is 23.0 Å². The van der Waals surface area contributed by atoms with Crippen LogP contribution in [0.1, 0.15) is 30.5 Å². The smallest absolute Gasteiger partial charge is 0.321 e. The first kappa shape index (κ1) is 30.6. The molecule has 0 spiro atoms. The Hall–Kier alpha value is -5.84. The van der Waals surface area contributed by atoms with Gasteiger partial charge in [0.25, 0.3) is 0 Å². The zero-order valence-corrected chi connectivity index (χ0v) is 24.1. The zero-order chi connectivity index (χ0) is 32.1. The Kier molecular flexibility index (Phi) is 8.99. The second-order valence-corrected chi connectivity index (χ2v) is 9.83. The van der Waals surface area contributed by atoms with Crippen LogP contribution in [0.5, 0.6) is 23.0 Å². The van der Waals surface area contributed by atoms with Crippen molar-refractivity contribution < 1.29 is 38.7 Å². The van der Waals surface area contributed by atoms with Crippen LogP contribution in [0.25, 0.3) is 0 Å². The Morgan fingerprint density at radius 2 is 1.64 bits per heavy atom. The summed E-state index contributed by atoms with van der Waals surface area (Å²) in [4.78, 5) is 39.5. The van der Waals surface area contributed by atoms with E-state index in [1.807, 2.05) is 12.1 Å². The molecule has 3 aromatic rings. The van der Waals surface area contributed by atoms with Crippen molar-refractivity contribution in [3.63, 3.8) is 0 Å². The fourth-order valence-corrected chi connectivity index (χ4v) is 4.76. The van der Waals surface area contributed by atoms with Gasteiger partial charge in [0, 0.05) is 25.0 Å². The number of rotatable bonds is 10. The van der Waals surface area contributed by atoms with Crippen LogP contribution in [0.15, 0.2) is 71.0 Å². The van der Waals surface area contributed by atoms with Crippen molar-refractivity contribution in [2.24, 2.45) is 10.4 Å². The van der Waals surface area contributed by atoms with Crippen LogP contribution in [0.2, 0.25) is 0 Å². The van der Waals surface area contributed by atoms with Crippen LogP contribution >= 0.6 is 0 Å². The molecule has 1 unspecified atom stereocenters. The number of methoxy groups -OCH3 is 1. The average Bonchev–Trinajstić information content (AvgIpc) is 3.50. The van der Waals surface area contributed by atoms with Gasteiger partial charge in [-0.15, -0.1) is 5.01 Å². The van der Waals surface area contributed by atoms with Gasteiger partial charge in [-0.2, -0.15) is 5.10 Å². The number of amides is 1. The Balaban J connectivity index is 1.43. The number of morpholine rings is 1. The van der Waals surface area contributed by atoms with Crippen LogP contribution in [0.4, 0.5) is 11.4 Å². The van der Waals surface area contributed by atoms with Crippen molar-refractivity contribution in [1.29, 1.82) is 0 Å². The predicted octanol–water partition coefficient (Wildman–Crippen LogP) is 4.51. The summed E-state index contributed by atoms with van der Waals surface area (Å²) in [6.45, 7) is 2.42. The van der Waals surface area contributed by atoms with Gasteiger partial charge in [-0.1, -0.05) is 24.3 Å². The van der Waals surface area contributed by atoms with E-state index in [9.17, 15) is 30.2 Å². The standard InChI is InChI=1S/C28H27N7O10/c1-18(36)32-24(19-6-8-21(42-2)9-7-19)15-23(29-32)20-4-3-5-22(14-20)44-27-17-28(26(34(39)40)16-25(27)33(37)38)45-30-35(41)31-10-12-43-13-11-31/h3-9,14,16-17,24H,10-13,15H2,1-2H3/b35-30-. The van der Waals surface area contributed by atoms with Crippen molar-refractivity contribution in [2.75, 3.05) is 33.4 Å². The van der Waals surface area contributed by atoms with Crippen LogP contribution in [-0.2, 0) is 9.53 Å². The molecule has 1 amide bonds. The van der Waals surface area contributed by atoms with E-state index in [0.717, 1.165) is 11.6 Å². The summed E-state index contributed by atoms with van der Waals surface area (Å²) in [7, 11) is 1.56. The highest BCUT2D eigenvalue weighted by Gasteiger charge is 2.32. The summed E-state index contributed by atoms with van der Waals surface area (Å²) in [5.74, 6) is -0.404. The largest absolute Gasteiger partial charge is 0.569 e. The summed E-state index contributed by atoms with van der Waals surface area (Å²) in [5, 5.41) is 46.4. The van der Waals surface area contributed by atoms with Gasteiger partial charge < -0.3 is 19.4 Å². The summed E-state index contributed by atoms with van der Waals surface area (Å²) in [5.41, 5.74) is 0.486. The predicted molar refractivity (Wildman–Crippen MR) is 155 cm³/mol. The maximum atomic E-state index is 12.4. The second kappa shape index (κ2) is 13.2.